The fraction of sp³-hybridized carbons (Fsp3) is 0.900. The molecule has 0 bridgehead atoms. The molecule has 0 aromatic carbocycles. The molecule has 0 aliphatic carbocycles. The molecule has 0 heterocycles. The van der Waals surface area contributed by atoms with Gasteiger partial charge in [0.1, 0.15) is 0 Å². The van der Waals surface area contributed by atoms with Gasteiger partial charge in [-0.25, -0.2) is 4.99 Å². The number of hydrogen-bond acceptors (Lipinski definition) is 2. The molecule has 0 aliphatic heterocycles. The molecule has 0 aromatic rings. The Bertz CT molecular complexity index is 277. The van der Waals surface area contributed by atoms with Crippen molar-refractivity contribution in [2.75, 3.05) is 6.61 Å². The lowest BCUT2D eigenvalue weighted by molar-refractivity contribution is -0.117. The molecule has 3 heteroatoms. The van der Waals surface area contributed by atoms with Crippen LogP contribution in [0.2, 0.25) is 0 Å². The summed E-state index contributed by atoms with van der Waals surface area (Å²) in [7, 11) is 0. The zero-order valence-corrected chi connectivity index (χ0v) is 15.4. The predicted octanol–water partition coefficient (Wildman–Crippen LogP) is 5.84. The second-order valence-corrected chi connectivity index (χ2v) is 6.59. The van der Waals surface area contributed by atoms with E-state index in [4.69, 9.17) is 5.11 Å². The second-order valence-electron chi connectivity index (χ2n) is 6.59. The van der Waals surface area contributed by atoms with Crippen molar-refractivity contribution in [2.45, 2.75) is 110 Å². The van der Waals surface area contributed by atoms with Gasteiger partial charge in [0.05, 0.1) is 6.61 Å². The molecular weight excluding hydrogens is 286 g/mol. The van der Waals surface area contributed by atoms with E-state index in [2.05, 4.69) is 11.9 Å². The van der Waals surface area contributed by atoms with Crippen molar-refractivity contribution < 1.29 is 9.90 Å². The lowest BCUT2D eigenvalue weighted by Gasteiger charge is -2.03. The summed E-state index contributed by atoms with van der Waals surface area (Å²) in [5, 5.41) is 8.52. The smallest absolute Gasteiger partial charge is 0.245 e. The molecule has 136 valence electrons. The third kappa shape index (κ3) is 19.3. The number of nitrogens with zero attached hydrogens (tertiary/aromatic N) is 1. The Hall–Kier alpha value is -0.700. The number of carbonyl (C=O) groups excluding carboxylic acids is 1. The first-order valence-electron chi connectivity index (χ1n) is 9.97. The fourth-order valence-electron chi connectivity index (χ4n) is 2.85. The van der Waals surface area contributed by atoms with Crippen LogP contribution >= 0.6 is 0 Å². The number of aliphatic hydroxyl groups excluding tert-OH is 1. The van der Waals surface area contributed by atoms with Gasteiger partial charge in [-0.15, -0.1) is 0 Å². The minimum Gasteiger partial charge on any atom is -0.391 e. The van der Waals surface area contributed by atoms with Gasteiger partial charge in [-0.2, -0.15) is 0 Å². The molecule has 0 spiro atoms. The molecule has 0 radical (unpaired) electrons. The third-order valence-corrected chi connectivity index (χ3v) is 4.31. The van der Waals surface area contributed by atoms with Gasteiger partial charge in [-0.1, -0.05) is 96.8 Å². The van der Waals surface area contributed by atoms with Crippen LogP contribution in [0.1, 0.15) is 110 Å². The summed E-state index contributed by atoms with van der Waals surface area (Å²) in [6.07, 6.45) is 21.8. The Morgan fingerprint density at radius 2 is 1.13 bits per heavy atom. The van der Waals surface area contributed by atoms with Crippen LogP contribution in [0.5, 0.6) is 0 Å². The largest absolute Gasteiger partial charge is 0.391 e. The summed E-state index contributed by atoms with van der Waals surface area (Å²) in [4.78, 5) is 14.9. The normalized spacial score (nSPS) is 11.4. The van der Waals surface area contributed by atoms with Gasteiger partial charge in [-0.05, 0) is 6.42 Å². The summed E-state index contributed by atoms with van der Waals surface area (Å²) in [5.74, 6) is -0.103. The molecule has 0 unspecified atom stereocenters. The van der Waals surface area contributed by atoms with Crippen LogP contribution in [0.25, 0.3) is 0 Å². The van der Waals surface area contributed by atoms with E-state index >= 15 is 0 Å². The molecule has 0 atom stereocenters. The van der Waals surface area contributed by atoms with Gasteiger partial charge in [0.15, 0.2) is 0 Å². The average Bonchev–Trinajstić information content (AvgIpc) is 2.56. The van der Waals surface area contributed by atoms with E-state index in [0.717, 1.165) is 12.8 Å². The molecular formula is C20H39NO2. The number of unbranched alkanes of at least 4 members (excludes halogenated alkanes) is 14. The van der Waals surface area contributed by atoms with Crippen LogP contribution < -0.4 is 0 Å². The Labute approximate surface area is 144 Å². The van der Waals surface area contributed by atoms with Crippen molar-refractivity contribution in [1.29, 1.82) is 0 Å². The molecule has 0 aromatic heterocycles. The first-order chi connectivity index (χ1) is 11.3. The molecule has 0 fully saturated rings. The fourth-order valence-corrected chi connectivity index (χ4v) is 2.85. The monoisotopic (exact) mass is 325 g/mol. The lowest BCUT2D eigenvalue weighted by atomic mass is 10.0. The van der Waals surface area contributed by atoms with E-state index in [9.17, 15) is 4.79 Å². The second kappa shape index (κ2) is 19.3. The van der Waals surface area contributed by atoms with Gasteiger partial charge in [-0.3, -0.25) is 4.79 Å². The Morgan fingerprint density at radius 3 is 1.52 bits per heavy atom. The zero-order valence-electron chi connectivity index (χ0n) is 15.4. The van der Waals surface area contributed by atoms with Crippen LogP contribution in [0.15, 0.2) is 4.99 Å². The highest BCUT2D eigenvalue weighted by atomic mass is 16.3. The average molecular weight is 326 g/mol. The Kier molecular flexibility index (Phi) is 18.8. The lowest BCUT2D eigenvalue weighted by Crippen LogP contribution is -1.95. The van der Waals surface area contributed by atoms with E-state index in [0.29, 0.717) is 6.42 Å². The van der Waals surface area contributed by atoms with E-state index < -0.39 is 0 Å². The minimum absolute atomic E-state index is 0.103. The van der Waals surface area contributed by atoms with Gasteiger partial charge >= 0.3 is 0 Å². The highest BCUT2D eigenvalue weighted by Crippen LogP contribution is 2.13. The minimum atomic E-state index is -0.148. The summed E-state index contributed by atoms with van der Waals surface area (Å²) < 4.78 is 0. The van der Waals surface area contributed by atoms with Gasteiger partial charge < -0.3 is 5.11 Å². The maximum atomic E-state index is 11.2. The van der Waals surface area contributed by atoms with Gasteiger partial charge in [0, 0.05) is 12.6 Å². The first-order valence-corrected chi connectivity index (χ1v) is 9.97. The molecule has 0 rings (SSSR count). The SMILES string of the molecule is CCCCCCCCCCCCCCCCCC(=O)N=CCO. The van der Waals surface area contributed by atoms with E-state index in [1.54, 1.807) is 0 Å². The van der Waals surface area contributed by atoms with Crippen molar-refractivity contribution in [3.63, 3.8) is 0 Å². The maximum absolute atomic E-state index is 11.2. The molecule has 3 nitrogen and oxygen atoms in total. The van der Waals surface area contributed by atoms with Crippen molar-refractivity contribution in [3.05, 3.63) is 0 Å². The van der Waals surface area contributed by atoms with Crippen molar-refractivity contribution in [3.8, 4) is 0 Å². The number of aliphatic hydroxyl groups is 1. The number of amides is 1. The number of rotatable bonds is 17. The van der Waals surface area contributed by atoms with Crippen LogP contribution in [0.3, 0.4) is 0 Å². The molecule has 0 saturated carbocycles. The van der Waals surface area contributed by atoms with Crippen LogP contribution in [-0.2, 0) is 4.79 Å². The molecule has 1 amide bonds. The van der Waals surface area contributed by atoms with Crippen LogP contribution in [-0.4, -0.2) is 23.8 Å². The van der Waals surface area contributed by atoms with E-state index in [-0.39, 0.29) is 12.5 Å². The number of carbonyl (C=O) groups is 1. The molecule has 1 N–H and O–H groups in total. The van der Waals surface area contributed by atoms with Crippen molar-refractivity contribution in [2.24, 2.45) is 4.99 Å². The first kappa shape index (κ1) is 22.3. The van der Waals surface area contributed by atoms with E-state index in [1.807, 2.05) is 0 Å². The van der Waals surface area contributed by atoms with Gasteiger partial charge in [0.25, 0.3) is 0 Å². The number of aliphatic imine (C=N–C) groups is 1. The van der Waals surface area contributed by atoms with Gasteiger partial charge in [0.2, 0.25) is 5.91 Å². The summed E-state index contributed by atoms with van der Waals surface area (Å²) in [6.45, 7) is 2.12. The number of hydrogen-bond donors (Lipinski definition) is 1. The van der Waals surface area contributed by atoms with Crippen molar-refractivity contribution in [1.82, 2.24) is 0 Å². The maximum Gasteiger partial charge on any atom is 0.245 e. The van der Waals surface area contributed by atoms with Crippen LogP contribution in [0.4, 0.5) is 0 Å². The predicted molar refractivity (Wildman–Crippen MR) is 100 cm³/mol. The highest BCUT2D eigenvalue weighted by Gasteiger charge is 1.98. The summed E-state index contributed by atoms with van der Waals surface area (Å²) in [6, 6.07) is 0. The Balaban J connectivity index is 3.08. The summed E-state index contributed by atoms with van der Waals surface area (Å²) >= 11 is 0. The molecule has 23 heavy (non-hydrogen) atoms. The Morgan fingerprint density at radius 1 is 0.739 bits per heavy atom. The van der Waals surface area contributed by atoms with Crippen LogP contribution in [0, 0.1) is 0 Å². The van der Waals surface area contributed by atoms with Crippen molar-refractivity contribution >= 4 is 12.1 Å². The zero-order chi connectivity index (χ0) is 17.0. The standard InChI is InChI=1S/C20H39NO2/c1-2-3-4-5-6-7-8-9-10-11-12-13-14-15-16-17-20(23)21-18-19-22/h18,22H,2-17,19H2,1H3. The molecule has 0 saturated heterocycles. The van der Waals surface area contributed by atoms with E-state index in [1.165, 1.54) is 89.7 Å². The summed E-state index contributed by atoms with van der Waals surface area (Å²) in [5.41, 5.74) is 0. The highest BCUT2D eigenvalue weighted by molar-refractivity contribution is 5.85. The molecule has 0 aliphatic rings. The third-order valence-electron chi connectivity index (χ3n) is 4.31. The topological polar surface area (TPSA) is 49.7 Å². The quantitative estimate of drug-likeness (QED) is 0.270.